The number of nitrogens with one attached hydrogen (secondary N) is 1. The van der Waals surface area contributed by atoms with Gasteiger partial charge in [0, 0.05) is 15.6 Å². The lowest BCUT2D eigenvalue weighted by molar-refractivity contribution is 0.0642. The molecule has 1 unspecified atom stereocenters. The van der Waals surface area contributed by atoms with Crippen LogP contribution in [0.2, 0.25) is 0 Å². The number of carbonyl (C=O) groups excluding carboxylic acids is 1. The molecule has 0 radical (unpaired) electrons. The fourth-order valence-corrected chi connectivity index (χ4v) is 5.54. The number of hydrogen-bond donors (Lipinski definition) is 1. The van der Waals surface area contributed by atoms with Gasteiger partial charge in [0.05, 0.1) is 6.04 Å². The first kappa shape index (κ1) is 19.7. The van der Waals surface area contributed by atoms with Gasteiger partial charge in [-0.1, -0.05) is 65.2 Å². The van der Waals surface area contributed by atoms with Crippen molar-refractivity contribution < 1.29 is 4.79 Å². The average molecular weight is 441 g/mol. The monoisotopic (exact) mass is 440 g/mol. The molecule has 1 amide bonds. The van der Waals surface area contributed by atoms with Crippen LogP contribution in [0.3, 0.4) is 0 Å². The first-order valence-electron chi connectivity index (χ1n) is 10.5. The van der Waals surface area contributed by atoms with Crippen molar-refractivity contribution in [2.45, 2.75) is 57.0 Å². The summed E-state index contributed by atoms with van der Waals surface area (Å²) in [6.45, 7) is 4.30. The zero-order valence-electron chi connectivity index (χ0n) is 16.6. The van der Waals surface area contributed by atoms with Crippen LogP contribution in [-0.2, 0) is 0 Å². The molecule has 2 aromatic carbocycles. The third-order valence-electron chi connectivity index (χ3n) is 6.66. The molecule has 2 aliphatic rings. The van der Waals surface area contributed by atoms with E-state index in [-0.39, 0.29) is 17.5 Å². The van der Waals surface area contributed by atoms with E-state index in [1.54, 1.807) is 0 Å². The van der Waals surface area contributed by atoms with E-state index in [0.717, 1.165) is 41.5 Å². The van der Waals surface area contributed by atoms with Crippen LogP contribution in [-0.4, -0.2) is 29.4 Å². The van der Waals surface area contributed by atoms with Gasteiger partial charge in [-0.2, -0.15) is 0 Å². The number of carbonyl (C=O) groups is 1. The van der Waals surface area contributed by atoms with Crippen molar-refractivity contribution in [3.05, 3.63) is 69.7 Å². The molecule has 1 aliphatic carbocycles. The van der Waals surface area contributed by atoms with Gasteiger partial charge in [0.1, 0.15) is 0 Å². The highest BCUT2D eigenvalue weighted by Crippen LogP contribution is 2.46. The molecule has 1 saturated heterocycles. The Labute approximate surface area is 176 Å². The molecule has 4 rings (SSSR count). The van der Waals surface area contributed by atoms with Crippen LogP contribution in [0.1, 0.15) is 66.1 Å². The van der Waals surface area contributed by atoms with Gasteiger partial charge < -0.3 is 5.32 Å². The Morgan fingerprint density at radius 2 is 1.68 bits per heavy atom. The lowest BCUT2D eigenvalue weighted by Crippen LogP contribution is -2.55. The number of nitrogens with zero attached hydrogens (tertiary/aromatic N) is 1. The average Bonchev–Trinajstić information content (AvgIpc) is 3.41. The first-order valence-corrected chi connectivity index (χ1v) is 11.3. The molecular weight excluding hydrogens is 412 g/mol. The maximum atomic E-state index is 13.4. The molecule has 0 bridgehead atoms. The van der Waals surface area contributed by atoms with Crippen LogP contribution in [0.4, 0.5) is 0 Å². The summed E-state index contributed by atoms with van der Waals surface area (Å²) >= 11 is 3.57. The van der Waals surface area contributed by atoms with Crippen LogP contribution in [0.15, 0.2) is 53.0 Å². The van der Waals surface area contributed by atoms with Gasteiger partial charge in [-0.3, -0.25) is 9.69 Å². The molecule has 1 aliphatic heterocycles. The fraction of sp³-hybridized carbons (Fsp3) is 0.458. The van der Waals surface area contributed by atoms with Crippen molar-refractivity contribution in [3.63, 3.8) is 0 Å². The molecule has 1 saturated carbocycles. The molecule has 0 spiro atoms. The van der Waals surface area contributed by atoms with Crippen LogP contribution in [0, 0.1) is 6.92 Å². The van der Waals surface area contributed by atoms with Gasteiger partial charge in [0.15, 0.2) is 0 Å². The molecule has 3 nitrogen and oxygen atoms in total. The van der Waals surface area contributed by atoms with Crippen LogP contribution in [0.25, 0.3) is 0 Å². The Balaban J connectivity index is 1.72. The third-order valence-corrected chi connectivity index (χ3v) is 7.52. The molecule has 2 aromatic rings. The summed E-state index contributed by atoms with van der Waals surface area (Å²) in [6.07, 6.45) is 7.33. The molecule has 2 fully saturated rings. The van der Waals surface area contributed by atoms with Gasteiger partial charge in [-0.05, 0) is 69.0 Å². The van der Waals surface area contributed by atoms with Crippen LogP contribution >= 0.6 is 15.9 Å². The highest BCUT2D eigenvalue weighted by atomic mass is 79.9. The van der Waals surface area contributed by atoms with E-state index in [2.05, 4.69) is 56.5 Å². The van der Waals surface area contributed by atoms with Crippen LogP contribution in [0.5, 0.6) is 0 Å². The predicted molar refractivity (Wildman–Crippen MR) is 118 cm³/mol. The number of benzene rings is 2. The zero-order chi connectivity index (χ0) is 19.6. The highest BCUT2D eigenvalue weighted by molar-refractivity contribution is 9.10. The Morgan fingerprint density at radius 1 is 1.00 bits per heavy atom. The normalized spacial score (nSPS) is 20.2. The smallest absolute Gasteiger partial charge is 0.252 e. The quantitative estimate of drug-likeness (QED) is 0.652. The number of halogens is 1. The molecule has 28 heavy (non-hydrogen) atoms. The fourth-order valence-electron chi connectivity index (χ4n) is 5.17. The highest BCUT2D eigenvalue weighted by Gasteiger charge is 2.47. The number of amides is 1. The summed E-state index contributed by atoms with van der Waals surface area (Å²) in [5, 5.41) is 3.48. The lowest BCUT2D eigenvalue weighted by atomic mass is 9.81. The largest absolute Gasteiger partial charge is 0.343 e. The summed E-state index contributed by atoms with van der Waals surface area (Å²) in [5.74, 6) is 0.0260. The molecule has 148 valence electrons. The summed E-state index contributed by atoms with van der Waals surface area (Å²) in [4.78, 5) is 16.0. The van der Waals surface area contributed by atoms with Gasteiger partial charge in [-0.25, -0.2) is 0 Å². The van der Waals surface area contributed by atoms with E-state index in [9.17, 15) is 4.79 Å². The van der Waals surface area contributed by atoms with Crippen molar-refractivity contribution in [2.75, 3.05) is 13.1 Å². The van der Waals surface area contributed by atoms with Crippen molar-refractivity contribution in [3.8, 4) is 0 Å². The van der Waals surface area contributed by atoms with Crippen molar-refractivity contribution in [1.82, 2.24) is 10.2 Å². The van der Waals surface area contributed by atoms with E-state index in [0.29, 0.717) is 0 Å². The summed E-state index contributed by atoms with van der Waals surface area (Å²) in [7, 11) is 0. The van der Waals surface area contributed by atoms with E-state index in [1.807, 2.05) is 25.1 Å². The minimum absolute atomic E-state index is 0.0141. The molecular formula is C24H29BrN2O. The van der Waals surface area contributed by atoms with E-state index >= 15 is 0 Å². The molecule has 1 N–H and O–H groups in total. The van der Waals surface area contributed by atoms with Crippen molar-refractivity contribution in [1.29, 1.82) is 0 Å². The summed E-state index contributed by atoms with van der Waals surface area (Å²) in [6, 6.07) is 16.5. The Kier molecular flexibility index (Phi) is 5.88. The second kappa shape index (κ2) is 8.38. The minimum atomic E-state index is 0.0141. The van der Waals surface area contributed by atoms with E-state index in [1.165, 1.54) is 31.2 Å². The standard InChI is InChI=1S/C24H29BrN2O/c1-18-20(12-9-13-21(18)25)23(28)26-22(19-10-3-2-4-11-19)24(14-5-6-15-24)27-16-7-8-17-27/h2-4,9-13,22H,5-8,14-17H2,1H3,(H,26,28). The Bertz CT molecular complexity index is 824. The second-order valence-corrected chi connectivity index (χ2v) is 9.09. The molecule has 0 aromatic heterocycles. The third kappa shape index (κ3) is 3.65. The summed E-state index contributed by atoms with van der Waals surface area (Å²) in [5.41, 5.74) is 3.00. The zero-order valence-corrected chi connectivity index (χ0v) is 18.2. The van der Waals surface area contributed by atoms with Crippen molar-refractivity contribution in [2.24, 2.45) is 0 Å². The van der Waals surface area contributed by atoms with Gasteiger partial charge >= 0.3 is 0 Å². The number of likely N-dealkylation sites (tertiary alicyclic amines) is 1. The van der Waals surface area contributed by atoms with E-state index < -0.39 is 0 Å². The Morgan fingerprint density at radius 3 is 2.36 bits per heavy atom. The SMILES string of the molecule is Cc1c(Br)cccc1C(=O)NC(c1ccccc1)C1(N2CCCC2)CCCC1. The lowest BCUT2D eigenvalue weighted by Gasteiger charge is -2.45. The van der Waals surface area contributed by atoms with Crippen molar-refractivity contribution >= 4 is 21.8 Å². The second-order valence-electron chi connectivity index (χ2n) is 8.23. The van der Waals surface area contributed by atoms with E-state index in [4.69, 9.17) is 0 Å². The molecule has 4 heteroatoms. The molecule has 1 atom stereocenters. The van der Waals surface area contributed by atoms with Gasteiger partial charge in [-0.15, -0.1) is 0 Å². The first-order chi connectivity index (χ1) is 13.6. The Hall–Kier alpha value is -1.65. The number of hydrogen-bond acceptors (Lipinski definition) is 2. The maximum Gasteiger partial charge on any atom is 0.252 e. The van der Waals surface area contributed by atoms with Gasteiger partial charge in [0.2, 0.25) is 0 Å². The number of rotatable bonds is 5. The molecule has 1 heterocycles. The van der Waals surface area contributed by atoms with Crippen LogP contribution < -0.4 is 5.32 Å². The minimum Gasteiger partial charge on any atom is -0.343 e. The topological polar surface area (TPSA) is 32.3 Å². The predicted octanol–water partition coefficient (Wildman–Crippen LogP) is 5.64. The van der Waals surface area contributed by atoms with Gasteiger partial charge in [0.25, 0.3) is 5.91 Å². The maximum absolute atomic E-state index is 13.4. The summed E-state index contributed by atoms with van der Waals surface area (Å²) < 4.78 is 0.978.